The molecule has 1 heterocycles. The first-order valence-electron chi connectivity index (χ1n) is 5.54. The first-order valence-corrected chi connectivity index (χ1v) is 5.54. The number of hydrogen-bond acceptors (Lipinski definition) is 2. The fourth-order valence-corrected chi connectivity index (χ4v) is 1.80. The summed E-state index contributed by atoms with van der Waals surface area (Å²) in [4.78, 5) is 24.5. The van der Waals surface area contributed by atoms with E-state index in [2.05, 4.69) is 6.58 Å². The molecule has 0 bridgehead atoms. The Balaban J connectivity index is 2.42. The molecule has 4 heteroatoms. The summed E-state index contributed by atoms with van der Waals surface area (Å²) in [5.74, 6) is -0.372. The van der Waals surface area contributed by atoms with Crippen LogP contribution in [0.25, 0.3) is 0 Å². The molecule has 2 amide bonds. The van der Waals surface area contributed by atoms with E-state index in [4.69, 9.17) is 5.73 Å². The molecule has 16 heavy (non-hydrogen) atoms. The largest absolute Gasteiger partial charge is 0.366 e. The van der Waals surface area contributed by atoms with Gasteiger partial charge in [-0.2, -0.15) is 0 Å². The third kappa shape index (κ3) is 3.53. The van der Waals surface area contributed by atoms with Gasteiger partial charge in [0.15, 0.2) is 0 Å². The Morgan fingerprint density at radius 2 is 1.88 bits per heavy atom. The van der Waals surface area contributed by atoms with E-state index in [-0.39, 0.29) is 5.91 Å². The quantitative estimate of drug-likeness (QED) is 0.557. The van der Waals surface area contributed by atoms with Gasteiger partial charge in [0.1, 0.15) is 0 Å². The molecule has 0 unspecified atom stereocenters. The summed E-state index contributed by atoms with van der Waals surface area (Å²) in [6.45, 7) is 5.19. The zero-order valence-corrected chi connectivity index (χ0v) is 9.45. The molecule has 0 spiro atoms. The maximum absolute atomic E-state index is 11.7. The van der Waals surface area contributed by atoms with Crippen LogP contribution in [0.3, 0.4) is 0 Å². The zero-order valence-electron chi connectivity index (χ0n) is 9.45. The number of nitrogens with two attached hydrogens (primary N) is 1. The van der Waals surface area contributed by atoms with Crippen molar-refractivity contribution in [2.75, 3.05) is 13.1 Å². The lowest BCUT2D eigenvalue weighted by Gasteiger charge is -2.14. The summed E-state index contributed by atoms with van der Waals surface area (Å²) >= 11 is 0. The Kier molecular flexibility index (Phi) is 4.76. The third-order valence-corrected chi connectivity index (χ3v) is 2.70. The average Bonchev–Trinajstić information content (AvgIpc) is 2.76. The van der Waals surface area contributed by atoms with E-state index >= 15 is 0 Å². The third-order valence-electron chi connectivity index (χ3n) is 2.70. The normalized spacial score (nSPS) is 16.2. The number of amides is 2. The summed E-state index contributed by atoms with van der Waals surface area (Å²) < 4.78 is 0. The van der Waals surface area contributed by atoms with E-state index in [0.717, 1.165) is 25.9 Å². The second-order valence-electron chi connectivity index (χ2n) is 3.88. The van der Waals surface area contributed by atoms with Gasteiger partial charge in [0.2, 0.25) is 11.8 Å². The fraction of sp³-hybridized carbons (Fsp3) is 0.500. The SMILES string of the molecule is C=C/C=C(/CCC(=O)N1CCCC1)C(N)=O. The Bertz CT molecular complexity index is 315. The van der Waals surface area contributed by atoms with Crippen LogP contribution in [0.5, 0.6) is 0 Å². The summed E-state index contributed by atoms with van der Waals surface area (Å²) in [5, 5.41) is 0. The van der Waals surface area contributed by atoms with Crippen LogP contribution in [-0.2, 0) is 9.59 Å². The average molecular weight is 222 g/mol. The number of rotatable bonds is 5. The predicted octanol–water partition coefficient (Wildman–Crippen LogP) is 0.987. The van der Waals surface area contributed by atoms with Crippen LogP contribution in [-0.4, -0.2) is 29.8 Å². The lowest BCUT2D eigenvalue weighted by molar-refractivity contribution is -0.130. The molecule has 0 atom stereocenters. The van der Waals surface area contributed by atoms with Crippen molar-refractivity contribution in [1.82, 2.24) is 4.90 Å². The van der Waals surface area contributed by atoms with Crippen LogP contribution in [0.1, 0.15) is 25.7 Å². The number of nitrogens with zero attached hydrogens (tertiary/aromatic N) is 1. The molecular formula is C12H18N2O2. The topological polar surface area (TPSA) is 63.4 Å². The summed E-state index contributed by atoms with van der Waals surface area (Å²) in [6, 6.07) is 0. The van der Waals surface area contributed by atoms with Gasteiger partial charge in [-0.3, -0.25) is 9.59 Å². The van der Waals surface area contributed by atoms with Crippen LogP contribution < -0.4 is 5.73 Å². The number of primary amides is 1. The number of hydrogen-bond donors (Lipinski definition) is 1. The van der Waals surface area contributed by atoms with Crippen molar-refractivity contribution in [2.24, 2.45) is 5.73 Å². The molecule has 2 N–H and O–H groups in total. The van der Waals surface area contributed by atoms with Crippen molar-refractivity contribution in [3.63, 3.8) is 0 Å². The molecule has 0 saturated carbocycles. The van der Waals surface area contributed by atoms with Gasteiger partial charge in [0.05, 0.1) is 0 Å². The maximum Gasteiger partial charge on any atom is 0.244 e. The number of carbonyl (C=O) groups is 2. The van der Waals surface area contributed by atoms with Crippen molar-refractivity contribution in [2.45, 2.75) is 25.7 Å². The molecule has 1 fully saturated rings. The van der Waals surface area contributed by atoms with Crippen LogP contribution in [0.15, 0.2) is 24.3 Å². The van der Waals surface area contributed by atoms with E-state index < -0.39 is 5.91 Å². The van der Waals surface area contributed by atoms with E-state index in [1.165, 1.54) is 6.08 Å². The van der Waals surface area contributed by atoms with Crippen molar-refractivity contribution < 1.29 is 9.59 Å². The minimum absolute atomic E-state index is 0.105. The molecule has 0 radical (unpaired) electrons. The molecule has 0 aromatic rings. The second-order valence-corrected chi connectivity index (χ2v) is 3.88. The van der Waals surface area contributed by atoms with Gasteiger partial charge < -0.3 is 10.6 Å². The van der Waals surface area contributed by atoms with E-state index in [1.54, 1.807) is 6.08 Å². The Morgan fingerprint density at radius 1 is 1.25 bits per heavy atom. The molecule has 0 aromatic carbocycles. The van der Waals surface area contributed by atoms with Crippen molar-refractivity contribution in [1.29, 1.82) is 0 Å². The summed E-state index contributed by atoms with van der Waals surface area (Å²) in [6.07, 6.45) is 5.99. The van der Waals surface area contributed by atoms with Crippen LogP contribution >= 0.6 is 0 Å². The van der Waals surface area contributed by atoms with Crippen LogP contribution in [0.4, 0.5) is 0 Å². The zero-order chi connectivity index (χ0) is 12.0. The molecule has 0 aromatic heterocycles. The van der Waals surface area contributed by atoms with Gasteiger partial charge in [-0.25, -0.2) is 0 Å². The molecule has 1 rings (SSSR count). The highest BCUT2D eigenvalue weighted by atomic mass is 16.2. The number of carbonyl (C=O) groups excluding carboxylic acids is 2. The van der Waals surface area contributed by atoms with E-state index in [0.29, 0.717) is 18.4 Å². The Morgan fingerprint density at radius 3 is 2.38 bits per heavy atom. The highest BCUT2D eigenvalue weighted by molar-refractivity contribution is 5.93. The molecule has 1 aliphatic rings. The monoisotopic (exact) mass is 222 g/mol. The van der Waals surface area contributed by atoms with Crippen molar-refractivity contribution in [3.05, 3.63) is 24.3 Å². The maximum atomic E-state index is 11.7. The smallest absolute Gasteiger partial charge is 0.244 e. The van der Waals surface area contributed by atoms with E-state index in [1.807, 2.05) is 4.90 Å². The molecule has 0 aliphatic carbocycles. The van der Waals surface area contributed by atoms with Crippen LogP contribution in [0, 0.1) is 0 Å². The van der Waals surface area contributed by atoms with Gasteiger partial charge in [0.25, 0.3) is 0 Å². The minimum Gasteiger partial charge on any atom is -0.366 e. The summed E-state index contributed by atoms with van der Waals surface area (Å²) in [7, 11) is 0. The molecule has 4 nitrogen and oxygen atoms in total. The number of likely N-dealkylation sites (tertiary alicyclic amines) is 1. The standard InChI is InChI=1S/C12H18N2O2/c1-2-5-10(12(13)16)6-7-11(15)14-8-3-4-9-14/h2,5H,1,3-4,6-9H2,(H2,13,16)/b10-5-. The Hall–Kier alpha value is -1.58. The van der Waals surface area contributed by atoms with Gasteiger partial charge in [-0.15, -0.1) is 0 Å². The summed E-state index contributed by atoms with van der Waals surface area (Å²) in [5.41, 5.74) is 5.64. The molecule has 1 saturated heterocycles. The number of allylic oxidation sites excluding steroid dienone is 2. The molecular weight excluding hydrogens is 204 g/mol. The Labute approximate surface area is 95.8 Å². The second kappa shape index (κ2) is 6.10. The van der Waals surface area contributed by atoms with Gasteiger partial charge >= 0.3 is 0 Å². The highest BCUT2D eigenvalue weighted by Gasteiger charge is 2.18. The van der Waals surface area contributed by atoms with Crippen molar-refractivity contribution in [3.8, 4) is 0 Å². The van der Waals surface area contributed by atoms with E-state index in [9.17, 15) is 9.59 Å². The van der Waals surface area contributed by atoms with Gasteiger partial charge in [-0.1, -0.05) is 18.7 Å². The van der Waals surface area contributed by atoms with Gasteiger partial charge in [-0.05, 0) is 19.3 Å². The first-order chi connectivity index (χ1) is 7.65. The molecule has 88 valence electrons. The first kappa shape index (κ1) is 12.5. The van der Waals surface area contributed by atoms with Crippen LogP contribution in [0.2, 0.25) is 0 Å². The molecule has 1 aliphatic heterocycles. The van der Waals surface area contributed by atoms with Crippen molar-refractivity contribution >= 4 is 11.8 Å². The highest BCUT2D eigenvalue weighted by Crippen LogP contribution is 2.12. The minimum atomic E-state index is -0.478. The lowest BCUT2D eigenvalue weighted by Crippen LogP contribution is -2.28. The van der Waals surface area contributed by atoms with Gasteiger partial charge in [0, 0.05) is 25.1 Å². The lowest BCUT2D eigenvalue weighted by atomic mass is 10.1. The predicted molar refractivity (Wildman–Crippen MR) is 62.5 cm³/mol. The fourth-order valence-electron chi connectivity index (χ4n) is 1.80.